The van der Waals surface area contributed by atoms with E-state index in [9.17, 15) is 0 Å². The second-order valence-corrected chi connectivity index (χ2v) is 8.47. The zero-order chi connectivity index (χ0) is 24.4. The Kier molecular flexibility index (Phi) is 6.93. The van der Waals surface area contributed by atoms with E-state index in [1.54, 1.807) is 15.6 Å². The molecule has 4 aromatic heterocycles. The second kappa shape index (κ2) is 10.5. The number of aryl methyl sites for hydroxylation is 1. The third-order valence-corrected chi connectivity index (χ3v) is 6.24. The molecule has 0 aliphatic carbocycles. The van der Waals surface area contributed by atoms with Crippen LogP contribution in [0.25, 0.3) is 11.6 Å². The number of nitrogens with zero attached hydrogens (tertiary/aromatic N) is 6. The Morgan fingerprint density at radius 2 is 1.16 bits per heavy atom. The van der Waals surface area contributed by atoms with Crippen molar-refractivity contribution in [3.8, 4) is 11.6 Å². The number of benzene rings is 2. The third kappa shape index (κ3) is 4.45. The first-order valence-corrected chi connectivity index (χ1v) is 11.7. The van der Waals surface area contributed by atoms with Crippen LogP contribution < -0.4 is 0 Å². The van der Waals surface area contributed by atoms with Crippen molar-refractivity contribution in [1.82, 2.24) is 29.5 Å². The largest absolute Gasteiger partial charge is 2.00 e. The Bertz CT molecular complexity index is 1550. The zero-order valence-corrected chi connectivity index (χ0v) is 22.2. The van der Waals surface area contributed by atoms with E-state index in [0.717, 1.165) is 27.9 Å². The van der Waals surface area contributed by atoms with Gasteiger partial charge in [0.1, 0.15) is 0 Å². The molecule has 0 atom stereocenters. The van der Waals surface area contributed by atoms with Crippen LogP contribution in [0.15, 0.2) is 116 Å². The van der Waals surface area contributed by atoms with Crippen molar-refractivity contribution in [1.29, 1.82) is 0 Å². The van der Waals surface area contributed by atoms with Crippen LogP contribution >= 0.6 is 0 Å². The van der Waals surface area contributed by atoms with Gasteiger partial charge in [-0.3, -0.25) is 15.2 Å². The average molecular weight is 662 g/mol. The zero-order valence-electron chi connectivity index (χ0n) is 20.0. The van der Waals surface area contributed by atoms with Crippen molar-refractivity contribution in [3.63, 3.8) is 0 Å². The maximum absolute atomic E-state index is 4.68. The molecule has 0 saturated carbocycles. The molecule has 182 valence electrons. The molecule has 0 amide bonds. The predicted molar refractivity (Wildman–Crippen MR) is 137 cm³/mol. The number of hydrogen-bond donors (Lipinski definition) is 0. The van der Waals surface area contributed by atoms with Gasteiger partial charge in [-0.15, -0.1) is 11.1 Å². The third-order valence-electron chi connectivity index (χ3n) is 6.24. The minimum atomic E-state index is -0.766. The monoisotopic (exact) mass is 661 g/mol. The smallest absolute Gasteiger partial charge is 0.343 e. The summed E-state index contributed by atoms with van der Waals surface area (Å²) in [5, 5.41) is 9.33. The Balaban J connectivity index is 0.00000280. The van der Waals surface area contributed by atoms with Crippen LogP contribution in [0.2, 0.25) is 0 Å². The van der Waals surface area contributed by atoms with Crippen LogP contribution in [0.1, 0.15) is 27.9 Å². The number of hydrogen-bond acceptors (Lipinski definition) is 4. The molecule has 0 aliphatic rings. The van der Waals surface area contributed by atoms with Gasteiger partial charge in [-0.25, -0.2) is 0 Å². The van der Waals surface area contributed by atoms with Crippen molar-refractivity contribution in [2.75, 3.05) is 0 Å². The molecule has 0 saturated heterocycles. The molecule has 2 aromatic carbocycles. The summed E-state index contributed by atoms with van der Waals surface area (Å²) in [5.41, 5.74) is 3.98. The molecule has 6 aromatic rings. The van der Waals surface area contributed by atoms with E-state index in [2.05, 4.69) is 56.8 Å². The van der Waals surface area contributed by atoms with Gasteiger partial charge in [-0.1, -0.05) is 97.3 Å². The van der Waals surface area contributed by atoms with Crippen LogP contribution in [0.5, 0.6) is 0 Å². The SMILES string of the molecule is Cc1cccc(-n2[c-]c(C(c3[c-]n(-c4ccccn4)nc3)(c3ccccc3)c3ccccc3)cn2)n1.[Pt+2]. The van der Waals surface area contributed by atoms with Crippen molar-refractivity contribution in [2.24, 2.45) is 0 Å². The Labute approximate surface area is 229 Å². The van der Waals surface area contributed by atoms with Gasteiger partial charge in [-0.2, -0.15) is 0 Å². The molecule has 6 rings (SSSR count). The van der Waals surface area contributed by atoms with Gasteiger partial charge in [0.05, 0.1) is 11.6 Å². The average Bonchev–Trinajstić information content (AvgIpc) is 3.63. The first-order valence-electron chi connectivity index (χ1n) is 11.7. The van der Waals surface area contributed by atoms with Gasteiger partial charge in [0.25, 0.3) is 0 Å². The normalized spacial score (nSPS) is 11.2. The number of aromatic nitrogens is 6. The summed E-state index contributed by atoms with van der Waals surface area (Å²) in [5.74, 6) is 1.41. The van der Waals surface area contributed by atoms with E-state index in [4.69, 9.17) is 0 Å². The van der Waals surface area contributed by atoms with Gasteiger partial charge in [0.2, 0.25) is 0 Å². The Morgan fingerprint density at radius 3 is 1.70 bits per heavy atom. The van der Waals surface area contributed by atoms with Gasteiger partial charge >= 0.3 is 21.1 Å². The Morgan fingerprint density at radius 1 is 0.622 bits per heavy atom. The van der Waals surface area contributed by atoms with Crippen LogP contribution in [0, 0.1) is 19.3 Å². The van der Waals surface area contributed by atoms with Crippen LogP contribution in [-0.2, 0) is 26.5 Å². The minimum absolute atomic E-state index is 0. The van der Waals surface area contributed by atoms with Crippen LogP contribution in [0.3, 0.4) is 0 Å². The first kappa shape index (κ1) is 24.5. The molecule has 0 unspecified atom stereocenters. The van der Waals surface area contributed by atoms with Crippen molar-refractivity contribution >= 4 is 0 Å². The molecular formula is C30H22N6Pt. The maximum Gasteiger partial charge on any atom is 2.00 e. The summed E-state index contributed by atoms with van der Waals surface area (Å²) >= 11 is 0. The molecule has 0 N–H and O–H groups in total. The Hall–Kier alpha value is -4.15. The van der Waals surface area contributed by atoms with Gasteiger partial charge in [0, 0.05) is 17.3 Å². The molecule has 0 spiro atoms. The van der Waals surface area contributed by atoms with Crippen LogP contribution in [0.4, 0.5) is 0 Å². The van der Waals surface area contributed by atoms with E-state index in [0.29, 0.717) is 11.6 Å². The fraction of sp³-hybridized carbons (Fsp3) is 0.0667. The fourth-order valence-electron chi connectivity index (χ4n) is 4.60. The second-order valence-electron chi connectivity index (χ2n) is 8.47. The topological polar surface area (TPSA) is 61.4 Å². The van der Waals surface area contributed by atoms with Crippen molar-refractivity contribution in [2.45, 2.75) is 12.3 Å². The quantitative estimate of drug-likeness (QED) is 0.232. The van der Waals surface area contributed by atoms with E-state index < -0.39 is 5.41 Å². The van der Waals surface area contributed by atoms with Gasteiger partial charge < -0.3 is 14.3 Å². The van der Waals surface area contributed by atoms with E-state index in [1.807, 2.05) is 92.1 Å². The van der Waals surface area contributed by atoms with Crippen molar-refractivity contribution < 1.29 is 21.1 Å². The van der Waals surface area contributed by atoms with Gasteiger partial charge in [-0.05, 0) is 42.6 Å². The number of pyridine rings is 2. The molecular weight excluding hydrogens is 639 g/mol. The summed E-state index contributed by atoms with van der Waals surface area (Å²) in [6.45, 7) is 1.97. The fourth-order valence-corrected chi connectivity index (χ4v) is 4.60. The molecule has 37 heavy (non-hydrogen) atoms. The van der Waals surface area contributed by atoms with Crippen molar-refractivity contribution in [3.05, 3.63) is 156 Å². The molecule has 7 heteroatoms. The summed E-state index contributed by atoms with van der Waals surface area (Å²) in [7, 11) is 0. The van der Waals surface area contributed by atoms with E-state index in [1.165, 1.54) is 0 Å². The molecule has 0 bridgehead atoms. The molecule has 0 radical (unpaired) electrons. The standard InChI is InChI=1S/C30H22N6.Pt/c1-23-11-10-17-29(34-23)36-22-27(20-33-36)30(24-12-4-2-5-13-24,25-14-6-3-7-15-25)26-19-32-35(21-26)28-16-8-9-18-31-28;/h2-20H,1H3;/q-2;+2. The molecule has 0 fully saturated rings. The minimum Gasteiger partial charge on any atom is -0.343 e. The van der Waals surface area contributed by atoms with E-state index >= 15 is 0 Å². The summed E-state index contributed by atoms with van der Waals surface area (Å²) in [6.07, 6.45) is 12.5. The summed E-state index contributed by atoms with van der Waals surface area (Å²) < 4.78 is 3.38. The summed E-state index contributed by atoms with van der Waals surface area (Å²) in [4.78, 5) is 9.09. The molecule has 0 aliphatic heterocycles. The summed E-state index contributed by atoms with van der Waals surface area (Å²) in [6, 6.07) is 32.3. The van der Waals surface area contributed by atoms with Crippen LogP contribution in [-0.4, -0.2) is 29.5 Å². The number of rotatable bonds is 6. The van der Waals surface area contributed by atoms with Gasteiger partial charge in [0.15, 0.2) is 0 Å². The first-order chi connectivity index (χ1) is 17.7. The maximum atomic E-state index is 4.68. The molecule has 6 nitrogen and oxygen atoms in total. The van der Waals surface area contributed by atoms with E-state index in [-0.39, 0.29) is 21.1 Å². The predicted octanol–water partition coefficient (Wildman–Crippen LogP) is 5.14. The molecule has 4 heterocycles.